The number of methoxy groups -OCH3 is 2. The minimum atomic E-state index is -3.74. The summed E-state index contributed by atoms with van der Waals surface area (Å²) >= 11 is 0. The summed E-state index contributed by atoms with van der Waals surface area (Å²) in [5.41, 5.74) is 2.08. The fraction of sp³-hybridized carbons (Fsp3) is 0.182. The lowest BCUT2D eigenvalue weighted by Crippen LogP contribution is -2.13. The second kappa shape index (κ2) is 8.87. The molecule has 0 aliphatic heterocycles. The van der Waals surface area contributed by atoms with Crippen molar-refractivity contribution in [2.24, 2.45) is 0 Å². The van der Waals surface area contributed by atoms with E-state index in [-0.39, 0.29) is 4.90 Å². The third-order valence-electron chi connectivity index (χ3n) is 4.30. The Morgan fingerprint density at radius 2 is 1.48 bits per heavy atom. The zero-order chi connectivity index (χ0) is 20.9. The minimum Gasteiger partial charge on any atom is -0.497 e. The number of ether oxygens (including phenoxy) is 3. The summed E-state index contributed by atoms with van der Waals surface area (Å²) in [5, 5.41) is 0. The Labute approximate surface area is 171 Å². The zero-order valence-corrected chi connectivity index (χ0v) is 17.3. The molecule has 0 atom stereocenters. The third-order valence-corrected chi connectivity index (χ3v) is 5.69. The predicted octanol–water partition coefficient (Wildman–Crippen LogP) is 4.57. The van der Waals surface area contributed by atoms with Crippen molar-refractivity contribution < 1.29 is 22.6 Å². The monoisotopic (exact) mass is 413 g/mol. The van der Waals surface area contributed by atoms with Crippen LogP contribution in [0.1, 0.15) is 6.92 Å². The van der Waals surface area contributed by atoms with Gasteiger partial charge in [-0.05, 0) is 67.1 Å². The SMILES string of the molecule is CCOc1ccc(S(=O)(=O)Nc2ccc(OC)c(-c3ccc(OC)cc3)c2)cc1. The average molecular weight is 413 g/mol. The van der Waals surface area contributed by atoms with Gasteiger partial charge in [0.05, 0.1) is 25.7 Å². The zero-order valence-electron chi connectivity index (χ0n) is 16.5. The van der Waals surface area contributed by atoms with Gasteiger partial charge in [-0.1, -0.05) is 12.1 Å². The van der Waals surface area contributed by atoms with Crippen LogP contribution in [0.3, 0.4) is 0 Å². The molecule has 0 aromatic heterocycles. The van der Waals surface area contributed by atoms with Gasteiger partial charge in [0, 0.05) is 11.3 Å². The first-order valence-corrected chi connectivity index (χ1v) is 10.5. The van der Waals surface area contributed by atoms with Crippen molar-refractivity contribution in [3.8, 4) is 28.4 Å². The first-order chi connectivity index (χ1) is 14.0. The summed E-state index contributed by atoms with van der Waals surface area (Å²) < 4.78 is 44.1. The summed E-state index contributed by atoms with van der Waals surface area (Å²) in [5.74, 6) is 2.00. The fourth-order valence-corrected chi connectivity index (χ4v) is 3.91. The van der Waals surface area contributed by atoms with Gasteiger partial charge in [0.1, 0.15) is 17.2 Å². The van der Waals surface area contributed by atoms with Crippen molar-refractivity contribution in [3.05, 3.63) is 66.7 Å². The molecule has 0 spiro atoms. The Morgan fingerprint density at radius 1 is 0.828 bits per heavy atom. The molecule has 0 bridgehead atoms. The van der Waals surface area contributed by atoms with Gasteiger partial charge in [-0.25, -0.2) is 8.42 Å². The van der Waals surface area contributed by atoms with Crippen molar-refractivity contribution in [2.45, 2.75) is 11.8 Å². The summed E-state index contributed by atoms with van der Waals surface area (Å²) in [4.78, 5) is 0.155. The van der Waals surface area contributed by atoms with Crippen molar-refractivity contribution in [1.82, 2.24) is 0 Å². The van der Waals surface area contributed by atoms with E-state index in [1.165, 1.54) is 12.1 Å². The van der Waals surface area contributed by atoms with Crippen LogP contribution in [0.5, 0.6) is 17.2 Å². The molecule has 0 aliphatic rings. The largest absolute Gasteiger partial charge is 0.497 e. The smallest absolute Gasteiger partial charge is 0.261 e. The number of benzene rings is 3. The van der Waals surface area contributed by atoms with Gasteiger partial charge in [0.15, 0.2) is 0 Å². The predicted molar refractivity (Wildman–Crippen MR) is 113 cm³/mol. The van der Waals surface area contributed by atoms with Crippen molar-refractivity contribution >= 4 is 15.7 Å². The van der Waals surface area contributed by atoms with E-state index in [1.54, 1.807) is 44.6 Å². The van der Waals surface area contributed by atoms with Crippen LogP contribution in [0.25, 0.3) is 11.1 Å². The summed E-state index contributed by atoms with van der Waals surface area (Å²) in [7, 11) is -0.562. The number of rotatable bonds is 8. The van der Waals surface area contributed by atoms with E-state index in [2.05, 4.69) is 4.72 Å². The van der Waals surface area contributed by atoms with Gasteiger partial charge in [-0.3, -0.25) is 4.72 Å². The highest BCUT2D eigenvalue weighted by atomic mass is 32.2. The molecule has 152 valence electrons. The normalized spacial score (nSPS) is 11.0. The molecule has 3 aromatic rings. The molecule has 0 amide bonds. The fourth-order valence-electron chi connectivity index (χ4n) is 2.86. The maximum atomic E-state index is 12.8. The highest BCUT2D eigenvalue weighted by molar-refractivity contribution is 7.92. The van der Waals surface area contributed by atoms with Crippen molar-refractivity contribution in [2.75, 3.05) is 25.5 Å². The molecule has 29 heavy (non-hydrogen) atoms. The standard InChI is InChI=1S/C22H23NO5S/c1-4-28-19-10-12-20(13-11-19)29(24,25)23-17-7-14-22(27-3)21(15-17)16-5-8-18(26-2)9-6-16/h5-15,23H,4H2,1-3H3. The molecule has 1 N–H and O–H groups in total. The summed E-state index contributed by atoms with van der Waals surface area (Å²) in [6.45, 7) is 2.39. The molecule has 0 saturated heterocycles. The molecular formula is C22H23NO5S. The van der Waals surface area contributed by atoms with E-state index in [9.17, 15) is 8.42 Å². The molecule has 6 nitrogen and oxygen atoms in total. The van der Waals surface area contributed by atoms with Crippen LogP contribution in [-0.2, 0) is 10.0 Å². The third kappa shape index (κ3) is 4.81. The van der Waals surface area contributed by atoms with Crippen LogP contribution in [0.2, 0.25) is 0 Å². The number of sulfonamides is 1. The van der Waals surface area contributed by atoms with E-state index in [0.29, 0.717) is 23.8 Å². The lowest BCUT2D eigenvalue weighted by Gasteiger charge is -2.13. The van der Waals surface area contributed by atoms with Crippen LogP contribution >= 0.6 is 0 Å². The second-order valence-electron chi connectivity index (χ2n) is 6.15. The molecule has 0 aliphatic carbocycles. The maximum Gasteiger partial charge on any atom is 0.261 e. The topological polar surface area (TPSA) is 73.9 Å². The number of anilines is 1. The lowest BCUT2D eigenvalue weighted by atomic mass is 10.0. The Hall–Kier alpha value is -3.19. The van der Waals surface area contributed by atoms with Gasteiger partial charge in [-0.2, -0.15) is 0 Å². The quantitative estimate of drug-likeness (QED) is 0.586. The van der Waals surface area contributed by atoms with E-state index < -0.39 is 10.0 Å². The number of hydrogen-bond donors (Lipinski definition) is 1. The molecule has 7 heteroatoms. The number of nitrogens with one attached hydrogen (secondary N) is 1. The molecule has 0 radical (unpaired) electrons. The van der Waals surface area contributed by atoms with E-state index in [4.69, 9.17) is 14.2 Å². The van der Waals surface area contributed by atoms with Gasteiger partial charge >= 0.3 is 0 Å². The van der Waals surface area contributed by atoms with Crippen molar-refractivity contribution in [3.63, 3.8) is 0 Å². The first-order valence-electron chi connectivity index (χ1n) is 9.05. The highest BCUT2D eigenvalue weighted by Gasteiger charge is 2.16. The maximum absolute atomic E-state index is 12.8. The minimum absolute atomic E-state index is 0.155. The molecule has 0 heterocycles. The Kier molecular flexibility index (Phi) is 6.29. The first kappa shape index (κ1) is 20.5. The molecule has 0 unspecified atom stereocenters. The van der Waals surface area contributed by atoms with Crippen molar-refractivity contribution in [1.29, 1.82) is 0 Å². The molecular weight excluding hydrogens is 390 g/mol. The molecule has 0 saturated carbocycles. The van der Waals surface area contributed by atoms with Crippen LogP contribution < -0.4 is 18.9 Å². The molecule has 3 aromatic carbocycles. The summed E-state index contributed by atoms with van der Waals surface area (Å²) in [6.07, 6.45) is 0. The Balaban J connectivity index is 1.90. The average Bonchev–Trinajstić information content (AvgIpc) is 2.74. The van der Waals surface area contributed by atoms with Crippen LogP contribution in [0, 0.1) is 0 Å². The van der Waals surface area contributed by atoms with E-state index in [0.717, 1.165) is 16.9 Å². The van der Waals surface area contributed by atoms with Gasteiger partial charge in [0.25, 0.3) is 10.0 Å². The van der Waals surface area contributed by atoms with Gasteiger partial charge < -0.3 is 14.2 Å². The van der Waals surface area contributed by atoms with Gasteiger partial charge in [0.2, 0.25) is 0 Å². The lowest BCUT2D eigenvalue weighted by molar-refractivity contribution is 0.340. The highest BCUT2D eigenvalue weighted by Crippen LogP contribution is 2.34. The number of hydrogen-bond acceptors (Lipinski definition) is 5. The summed E-state index contributed by atoms with van der Waals surface area (Å²) in [6, 6.07) is 18.9. The molecule has 3 rings (SSSR count). The van der Waals surface area contributed by atoms with Crippen LogP contribution in [0.4, 0.5) is 5.69 Å². The Bertz CT molecular complexity index is 1060. The van der Waals surface area contributed by atoms with E-state index >= 15 is 0 Å². The second-order valence-corrected chi connectivity index (χ2v) is 7.84. The van der Waals surface area contributed by atoms with Crippen LogP contribution in [0.15, 0.2) is 71.6 Å². The molecule has 0 fully saturated rings. The Morgan fingerprint density at radius 3 is 2.07 bits per heavy atom. The van der Waals surface area contributed by atoms with Crippen LogP contribution in [-0.4, -0.2) is 29.2 Å². The van der Waals surface area contributed by atoms with Gasteiger partial charge in [-0.15, -0.1) is 0 Å². The van der Waals surface area contributed by atoms with E-state index in [1.807, 2.05) is 31.2 Å².